The summed E-state index contributed by atoms with van der Waals surface area (Å²) >= 11 is 0. The molecule has 36 heavy (non-hydrogen) atoms. The van der Waals surface area contributed by atoms with E-state index in [0.717, 1.165) is 69.2 Å². The van der Waals surface area contributed by atoms with E-state index in [1.54, 1.807) is 18.2 Å². The van der Waals surface area contributed by atoms with Gasteiger partial charge in [-0.15, -0.1) is 34.0 Å². The quantitative estimate of drug-likeness (QED) is 0.137. The Kier molecular flexibility index (Phi) is 20.1. The first-order valence-electron chi connectivity index (χ1n) is 11.8. The number of hydrogen-bond donors (Lipinski definition) is 5. The van der Waals surface area contributed by atoms with Crippen molar-refractivity contribution >= 4 is 49.7 Å². The van der Waals surface area contributed by atoms with Gasteiger partial charge in [-0.3, -0.25) is 4.72 Å². The molecule has 0 saturated carbocycles. The zero-order valence-electron chi connectivity index (χ0n) is 21.2. The predicted molar refractivity (Wildman–Crippen MR) is 160 cm³/mol. The zero-order valence-corrected chi connectivity index (χ0v) is 25.4. The minimum absolute atomic E-state index is 0. The van der Waals surface area contributed by atoms with Gasteiger partial charge in [-0.05, 0) is 87.6 Å². The van der Waals surface area contributed by atoms with Crippen molar-refractivity contribution in [1.29, 1.82) is 0 Å². The van der Waals surface area contributed by atoms with Gasteiger partial charge in [0.25, 0.3) is 0 Å². The van der Waals surface area contributed by atoms with E-state index in [0.29, 0.717) is 12.1 Å². The second-order valence-corrected chi connectivity index (χ2v) is 10.2. The maximum Gasteiger partial charge on any atom is 0.229 e. The van der Waals surface area contributed by atoms with Crippen LogP contribution in [0.15, 0.2) is 36.4 Å². The molecule has 7 N–H and O–H groups in total. The molecule has 0 aromatic heterocycles. The third kappa shape index (κ3) is 14.4. The number of phenolic OH excluding ortho intramolecular Hbond substituents is 2. The van der Waals surface area contributed by atoms with E-state index in [1.165, 1.54) is 18.4 Å². The minimum atomic E-state index is -3.23. The van der Waals surface area contributed by atoms with E-state index in [4.69, 9.17) is 0 Å². The molecule has 0 bridgehead atoms. The predicted octanol–water partition coefficient (Wildman–Crippen LogP) is 3.89. The van der Waals surface area contributed by atoms with Crippen LogP contribution in [0.1, 0.15) is 49.3 Å². The molecule has 0 amide bonds. The summed E-state index contributed by atoms with van der Waals surface area (Å²) in [6.45, 7) is 5.75. The van der Waals surface area contributed by atoms with Crippen LogP contribution in [0.2, 0.25) is 0 Å². The summed E-state index contributed by atoms with van der Waals surface area (Å²) in [7, 11) is -3.23. The normalized spacial score (nSPS) is 10.6. The molecule has 0 heterocycles. The third-order valence-electron chi connectivity index (χ3n) is 5.59. The van der Waals surface area contributed by atoms with Gasteiger partial charge >= 0.3 is 0 Å². The molecule has 0 aliphatic carbocycles. The molecule has 2 rings (SSSR count). The second kappa shape index (κ2) is 19.7. The van der Waals surface area contributed by atoms with Crippen LogP contribution in [-0.4, -0.2) is 56.5 Å². The Bertz CT molecular complexity index is 961. The van der Waals surface area contributed by atoms with Crippen molar-refractivity contribution in [3.8, 4) is 11.5 Å². The number of rotatable bonds is 16. The number of benzene rings is 2. The Hall–Kier alpha value is -1.37. The number of aromatic hydroxyl groups is 2. The summed E-state index contributed by atoms with van der Waals surface area (Å²) in [4.78, 5) is 0. The summed E-state index contributed by atoms with van der Waals surface area (Å²) < 4.78 is 24.9. The summed E-state index contributed by atoms with van der Waals surface area (Å²) in [6, 6.07) is 11.0. The fourth-order valence-electron chi connectivity index (χ4n) is 3.81. The van der Waals surface area contributed by atoms with Gasteiger partial charge < -0.3 is 26.3 Å². The van der Waals surface area contributed by atoms with Crippen molar-refractivity contribution in [2.45, 2.75) is 51.9 Å². The topological polar surface area (TPSA) is 142 Å². The lowest BCUT2D eigenvalue weighted by molar-refractivity contribution is 0.399. The van der Waals surface area contributed by atoms with E-state index >= 15 is 0 Å². The Labute approximate surface area is 237 Å². The molecule has 0 aliphatic rings. The summed E-state index contributed by atoms with van der Waals surface area (Å²) in [5.74, 6) is -0.0281. The molecule has 2 aromatic carbocycles. The van der Waals surface area contributed by atoms with Gasteiger partial charge in [0.2, 0.25) is 10.0 Å². The van der Waals surface area contributed by atoms with Crippen molar-refractivity contribution in [1.82, 2.24) is 10.6 Å². The van der Waals surface area contributed by atoms with Crippen LogP contribution in [0.25, 0.3) is 0 Å². The van der Waals surface area contributed by atoms with Crippen molar-refractivity contribution in [2.75, 3.05) is 37.2 Å². The second-order valence-electron chi connectivity index (χ2n) is 8.41. The zero-order chi connectivity index (χ0) is 24.1. The van der Waals surface area contributed by atoms with Crippen LogP contribution < -0.4 is 15.4 Å². The monoisotopic (exact) mass is 655 g/mol. The molecule has 0 radical (unpaired) electrons. The van der Waals surface area contributed by atoms with Crippen molar-refractivity contribution in [3.05, 3.63) is 53.1 Å². The van der Waals surface area contributed by atoms with E-state index < -0.39 is 10.0 Å². The number of unbranched alkanes of at least 4 members (excludes halogenated alkanes) is 3. The summed E-state index contributed by atoms with van der Waals surface area (Å²) in [5, 5.41) is 26.5. The molecule has 0 fully saturated rings. The fraction of sp³-hybridized carbons (Fsp3) is 0.520. The molecular formula is C25H43Br2N3O5S. The first-order chi connectivity index (χ1) is 15.8. The SMILES string of the molecule is Br.Br.CCc1c(CCNCCCCCCNCCc2ccc(NS(C)(=O)=O)cc2)ccc(O)c1O.O. The number of nitrogens with one attached hydrogen (secondary N) is 3. The maximum absolute atomic E-state index is 11.2. The van der Waals surface area contributed by atoms with Gasteiger partial charge in [0.05, 0.1) is 6.26 Å². The van der Waals surface area contributed by atoms with E-state index in [-0.39, 0.29) is 50.9 Å². The van der Waals surface area contributed by atoms with Gasteiger partial charge in [-0.2, -0.15) is 0 Å². The van der Waals surface area contributed by atoms with Gasteiger partial charge in [-0.1, -0.05) is 38.0 Å². The van der Waals surface area contributed by atoms with Crippen LogP contribution in [0, 0.1) is 0 Å². The van der Waals surface area contributed by atoms with Crippen molar-refractivity contribution in [3.63, 3.8) is 0 Å². The Balaban J connectivity index is 0. The molecule has 0 aliphatic heterocycles. The third-order valence-corrected chi connectivity index (χ3v) is 6.19. The first-order valence-corrected chi connectivity index (χ1v) is 13.7. The molecular weight excluding hydrogens is 614 g/mol. The lowest BCUT2D eigenvalue weighted by Gasteiger charge is -2.12. The molecule has 8 nitrogen and oxygen atoms in total. The van der Waals surface area contributed by atoms with Gasteiger partial charge in [0.1, 0.15) is 0 Å². The largest absolute Gasteiger partial charge is 0.504 e. The van der Waals surface area contributed by atoms with Crippen LogP contribution in [0.3, 0.4) is 0 Å². The standard InChI is InChI=1S/C25H39N3O4S.2BrH.H2O/c1-3-23-21(10-13-24(29)25(23)30)15-19-27-17-7-5-4-6-16-26-18-14-20-8-11-22(12-9-20)28-33(2,31)32;;;/h8-13,26-30H,3-7,14-19H2,1-2H3;2*1H;1H2. The van der Waals surface area contributed by atoms with Crippen LogP contribution >= 0.6 is 34.0 Å². The first kappa shape index (κ1) is 36.8. The lowest BCUT2D eigenvalue weighted by atomic mass is 10.0. The Morgan fingerprint density at radius 3 is 1.86 bits per heavy atom. The molecule has 11 heteroatoms. The van der Waals surface area contributed by atoms with E-state index in [1.807, 2.05) is 25.1 Å². The summed E-state index contributed by atoms with van der Waals surface area (Å²) in [5.41, 5.74) is 3.70. The highest BCUT2D eigenvalue weighted by molar-refractivity contribution is 8.93. The smallest absolute Gasteiger partial charge is 0.229 e. The van der Waals surface area contributed by atoms with Crippen LogP contribution in [-0.2, 0) is 29.3 Å². The maximum atomic E-state index is 11.2. The van der Waals surface area contributed by atoms with Gasteiger partial charge in [0, 0.05) is 11.3 Å². The lowest BCUT2D eigenvalue weighted by Crippen LogP contribution is -2.20. The van der Waals surface area contributed by atoms with Crippen molar-refractivity contribution < 1.29 is 24.1 Å². The number of sulfonamides is 1. The number of phenols is 2. The Morgan fingerprint density at radius 1 is 0.778 bits per heavy atom. The summed E-state index contributed by atoms with van der Waals surface area (Å²) in [6.07, 6.45) is 8.32. The fourth-order valence-corrected chi connectivity index (χ4v) is 4.37. The minimum Gasteiger partial charge on any atom is -0.504 e. The Morgan fingerprint density at radius 2 is 1.33 bits per heavy atom. The van der Waals surface area contributed by atoms with E-state index in [2.05, 4.69) is 15.4 Å². The molecule has 208 valence electrons. The number of halogens is 2. The van der Waals surface area contributed by atoms with Crippen LogP contribution in [0.5, 0.6) is 11.5 Å². The van der Waals surface area contributed by atoms with Gasteiger partial charge in [-0.25, -0.2) is 8.42 Å². The average molecular weight is 658 g/mol. The van der Waals surface area contributed by atoms with E-state index in [9.17, 15) is 18.6 Å². The number of anilines is 1. The van der Waals surface area contributed by atoms with Gasteiger partial charge in [0.15, 0.2) is 11.5 Å². The highest BCUT2D eigenvalue weighted by atomic mass is 79.9. The molecule has 0 spiro atoms. The molecule has 2 aromatic rings. The highest BCUT2D eigenvalue weighted by Gasteiger charge is 2.10. The highest BCUT2D eigenvalue weighted by Crippen LogP contribution is 2.31. The average Bonchev–Trinajstić information content (AvgIpc) is 2.77. The number of hydrogen-bond acceptors (Lipinski definition) is 6. The molecule has 0 saturated heterocycles. The van der Waals surface area contributed by atoms with Crippen molar-refractivity contribution in [2.24, 2.45) is 0 Å². The van der Waals surface area contributed by atoms with Crippen LogP contribution in [0.4, 0.5) is 5.69 Å². The molecule has 0 atom stereocenters. The molecule has 0 unspecified atom stereocenters.